The number of oxazole rings is 1. The number of nitrogens with one attached hydrogen (secondary N) is 1. The van der Waals surface area contributed by atoms with Crippen LogP contribution in [0.5, 0.6) is 5.75 Å². The van der Waals surface area contributed by atoms with Crippen LogP contribution in [0.2, 0.25) is 0 Å². The van der Waals surface area contributed by atoms with E-state index < -0.39 is 0 Å². The van der Waals surface area contributed by atoms with Gasteiger partial charge in [-0.15, -0.1) is 0 Å². The van der Waals surface area contributed by atoms with Crippen molar-refractivity contribution >= 4 is 22.7 Å². The van der Waals surface area contributed by atoms with Gasteiger partial charge in [0.1, 0.15) is 11.3 Å². The van der Waals surface area contributed by atoms with Gasteiger partial charge in [0.25, 0.3) is 0 Å². The highest BCUT2D eigenvalue weighted by molar-refractivity contribution is 5.92. The zero-order chi connectivity index (χ0) is 16.2. The summed E-state index contributed by atoms with van der Waals surface area (Å²) in [5.74, 6) is 1.40. The Labute approximate surface area is 134 Å². The summed E-state index contributed by atoms with van der Waals surface area (Å²) in [7, 11) is 1.63. The largest absolute Gasteiger partial charge is 0.497 e. The molecule has 2 aromatic carbocycles. The second kappa shape index (κ2) is 6.52. The van der Waals surface area contributed by atoms with Crippen molar-refractivity contribution < 1.29 is 13.9 Å². The summed E-state index contributed by atoms with van der Waals surface area (Å²) in [6.07, 6.45) is 1.10. The third kappa shape index (κ3) is 3.69. The minimum absolute atomic E-state index is 0.0274. The van der Waals surface area contributed by atoms with Crippen molar-refractivity contribution in [2.75, 3.05) is 12.4 Å². The van der Waals surface area contributed by atoms with Gasteiger partial charge in [-0.3, -0.25) is 4.79 Å². The Morgan fingerprint density at radius 3 is 2.74 bits per heavy atom. The maximum absolute atomic E-state index is 12.1. The number of hydrogen-bond acceptors (Lipinski definition) is 4. The van der Waals surface area contributed by atoms with Crippen LogP contribution >= 0.6 is 0 Å². The third-order valence-corrected chi connectivity index (χ3v) is 3.58. The molecule has 1 aromatic heterocycles. The van der Waals surface area contributed by atoms with Crippen molar-refractivity contribution in [3.05, 3.63) is 53.9 Å². The summed E-state index contributed by atoms with van der Waals surface area (Å²) in [4.78, 5) is 16.3. The first-order chi connectivity index (χ1) is 11.1. The van der Waals surface area contributed by atoms with Crippen molar-refractivity contribution in [2.45, 2.75) is 19.8 Å². The van der Waals surface area contributed by atoms with Crippen molar-refractivity contribution in [3.8, 4) is 5.75 Å². The molecule has 0 atom stereocenters. The molecule has 0 bridgehead atoms. The third-order valence-electron chi connectivity index (χ3n) is 3.58. The molecule has 3 aromatic rings. The fourth-order valence-corrected chi connectivity index (χ4v) is 2.39. The molecule has 0 radical (unpaired) electrons. The van der Waals surface area contributed by atoms with Crippen molar-refractivity contribution in [2.24, 2.45) is 0 Å². The van der Waals surface area contributed by atoms with Crippen molar-refractivity contribution in [3.63, 3.8) is 0 Å². The number of aromatic nitrogens is 1. The molecule has 5 nitrogen and oxygen atoms in total. The number of fused-ring (bicyclic) bond motifs is 1. The number of carbonyl (C=O) groups excluding carboxylic acids is 1. The van der Waals surface area contributed by atoms with Crippen LogP contribution in [0.15, 0.2) is 46.9 Å². The fourth-order valence-electron chi connectivity index (χ4n) is 2.39. The van der Waals surface area contributed by atoms with Crippen LogP contribution in [0.4, 0.5) is 5.69 Å². The smallest absolute Gasteiger partial charge is 0.224 e. The number of hydrogen-bond donors (Lipinski definition) is 1. The lowest BCUT2D eigenvalue weighted by molar-refractivity contribution is -0.116. The Kier molecular flexibility index (Phi) is 4.28. The minimum atomic E-state index is -0.0274. The van der Waals surface area contributed by atoms with Crippen LogP contribution in [0.1, 0.15) is 17.9 Å². The van der Waals surface area contributed by atoms with Gasteiger partial charge < -0.3 is 14.5 Å². The number of carbonyl (C=O) groups is 1. The van der Waals surface area contributed by atoms with Gasteiger partial charge in [0.2, 0.25) is 5.91 Å². The number of anilines is 1. The van der Waals surface area contributed by atoms with Gasteiger partial charge >= 0.3 is 0 Å². The molecule has 5 heteroatoms. The molecule has 3 rings (SSSR count). The number of aryl methyl sites for hydroxylation is 2. The lowest BCUT2D eigenvalue weighted by atomic mass is 10.1. The van der Waals surface area contributed by atoms with E-state index in [0.717, 1.165) is 28.1 Å². The molecule has 0 aliphatic carbocycles. The van der Waals surface area contributed by atoms with E-state index in [2.05, 4.69) is 10.3 Å². The van der Waals surface area contributed by atoms with E-state index in [1.54, 1.807) is 14.0 Å². The lowest BCUT2D eigenvalue weighted by Crippen LogP contribution is -2.12. The minimum Gasteiger partial charge on any atom is -0.497 e. The van der Waals surface area contributed by atoms with E-state index in [4.69, 9.17) is 9.15 Å². The van der Waals surface area contributed by atoms with Gasteiger partial charge in [0, 0.05) is 19.0 Å². The summed E-state index contributed by atoms with van der Waals surface area (Å²) in [5, 5.41) is 2.89. The molecule has 0 unspecified atom stereocenters. The predicted octanol–water partition coefficient (Wildman–Crippen LogP) is 3.72. The van der Waals surface area contributed by atoms with Gasteiger partial charge in [0.15, 0.2) is 11.5 Å². The van der Waals surface area contributed by atoms with E-state index >= 15 is 0 Å². The molecule has 1 N–H and O–H groups in total. The van der Waals surface area contributed by atoms with E-state index in [0.29, 0.717) is 18.7 Å². The van der Waals surface area contributed by atoms with Crippen molar-refractivity contribution in [1.82, 2.24) is 4.98 Å². The highest BCUT2D eigenvalue weighted by atomic mass is 16.5. The van der Waals surface area contributed by atoms with E-state index in [1.165, 1.54) is 0 Å². The topological polar surface area (TPSA) is 64.4 Å². The van der Waals surface area contributed by atoms with Gasteiger partial charge in [-0.1, -0.05) is 12.1 Å². The summed E-state index contributed by atoms with van der Waals surface area (Å²) in [6.45, 7) is 1.80. The number of nitrogens with zero attached hydrogens (tertiary/aromatic N) is 1. The second-order valence-corrected chi connectivity index (χ2v) is 5.31. The summed E-state index contributed by atoms with van der Waals surface area (Å²) in [6, 6.07) is 13.2. The Bertz CT molecular complexity index is 822. The average molecular weight is 310 g/mol. The Hall–Kier alpha value is -2.82. The van der Waals surface area contributed by atoms with Gasteiger partial charge in [0.05, 0.1) is 7.11 Å². The van der Waals surface area contributed by atoms with Crippen LogP contribution < -0.4 is 10.1 Å². The molecule has 1 heterocycles. The maximum Gasteiger partial charge on any atom is 0.224 e. The molecule has 0 aliphatic heterocycles. The van der Waals surface area contributed by atoms with Crippen LogP contribution in [0, 0.1) is 6.92 Å². The van der Waals surface area contributed by atoms with Crippen LogP contribution in [-0.4, -0.2) is 18.0 Å². The van der Waals surface area contributed by atoms with Crippen LogP contribution in [-0.2, 0) is 11.2 Å². The molecule has 118 valence electrons. The second-order valence-electron chi connectivity index (χ2n) is 5.31. The molecule has 0 fully saturated rings. The Morgan fingerprint density at radius 1 is 1.22 bits per heavy atom. The first-order valence-electron chi connectivity index (χ1n) is 7.44. The first-order valence-corrected chi connectivity index (χ1v) is 7.44. The molecule has 0 saturated carbocycles. The fraction of sp³-hybridized carbons (Fsp3) is 0.222. The summed E-state index contributed by atoms with van der Waals surface area (Å²) >= 11 is 0. The number of ether oxygens (including phenoxy) is 1. The SMILES string of the molecule is COc1ccc(CCC(=O)Nc2ccc3oc(C)nc3c2)cc1. The summed E-state index contributed by atoms with van der Waals surface area (Å²) < 4.78 is 10.5. The predicted molar refractivity (Wildman–Crippen MR) is 88.7 cm³/mol. The molecule has 0 saturated heterocycles. The Morgan fingerprint density at radius 2 is 2.00 bits per heavy atom. The molecule has 0 aliphatic rings. The van der Waals surface area contributed by atoms with E-state index in [-0.39, 0.29) is 5.91 Å². The first kappa shape index (κ1) is 15.1. The number of benzene rings is 2. The van der Waals surface area contributed by atoms with Gasteiger partial charge in [-0.2, -0.15) is 0 Å². The number of amides is 1. The van der Waals surface area contributed by atoms with E-state index in [1.807, 2.05) is 42.5 Å². The molecular weight excluding hydrogens is 292 g/mol. The van der Waals surface area contributed by atoms with Crippen molar-refractivity contribution in [1.29, 1.82) is 0 Å². The van der Waals surface area contributed by atoms with Crippen LogP contribution in [0.25, 0.3) is 11.1 Å². The highest BCUT2D eigenvalue weighted by Gasteiger charge is 2.07. The average Bonchev–Trinajstić information content (AvgIpc) is 2.92. The lowest BCUT2D eigenvalue weighted by Gasteiger charge is -2.06. The zero-order valence-electron chi connectivity index (χ0n) is 13.1. The van der Waals surface area contributed by atoms with E-state index in [9.17, 15) is 4.79 Å². The number of rotatable bonds is 5. The zero-order valence-corrected chi connectivity index (χ0v) is 13.1. The van der Waals surface area contributed by atoms with Crippen LogP contribution in [0.3, 0.4) is 0 Å². The molecule has 0 spiro atoms. The Balaban J connectivity index is 1.59. The molecular formula is C18H18N2O3. The quantitative estimate of drug-likeness (QED) is 0.780. The molecule has 23 heavy (non-hydrogen) atoms. The highest BCUT2D eigenvalue weighted by Crippen LogP contribution is 2.20. The summed E-state index contributed by atoms with van der Waals surface area (Å²) in [5.41, 5.74) is 3.29. The standard InChI is InChI=1S/C18H18N2O3/c1-12-19-16-11-14(6-9-17(16)23-12)20-18(21)10-5-13-3-7-15(22-2)8-4-13/h3-4,6-9,11H,5,10H2,1-2H3,(H,20,21). The number of methoxy groups -OCH3 is 1. The van der Waals surface area contributed by atoms with Gasteiger partial charge in [-0.25, -0.2) is 4.98 Å². The monoisotopic (exact) mass is 310 g/mol. The molecule has 1 amide bonds. The van der Waals surface area contributed by atoms with Gasteiger partial charge in [-0.05, 0) is 42.3 Å². The maximum atomic E-state index is 12.1. The normalized spacial score (nSPS) is 10.7.